The van der Waals surface area contributed by atoms with Crippen LogP contribution in [-0.4, -0.2) is 30.8 Å². The Kier molecular flexibility index (Phi) is 6.36. The molecule has 0 aliphatic rings. The fraction of sp³-hybridized carbons (Fsp3) is 0.136. The Morgan fingerprint density at radius 3 is 2.11 bits per heavy atom. The van der Waals surface area contributed by atoms with Crippen LogP contribution in [0.1, 0.15) is 5.56 Å². The van der Waals surface area contributed by atoms with Gasteiger partial charge in [-0.05, 0) is 28.5 Å². The number of fused-ring (bicyclic) bond motifs is 1. The first kappa shape index (κ1) is 19.1. The van der Waals surface area contributed by atoms with E-state index < -0.39 is 5.91 Å². The molecule has 3 aromatic carbocycles. The predicted molar refractivity (Wildman–Crippen MR) is 109 cm³/mol. The number of anilines is 1. The van der Waals surface area contributed by atoms with E-state index in [4.69, 9.17) is 0 Å². The van der Waals surface area contributed by atoms with Crippen LogP contribution < -0.4 is 16.0 Å². The SMILES string of the molecule is O=C(CNC(=O)Cc1cccc2ccccc12)NCC(=O)Nc1ccccc1. The molecule has 0 spiro atoms. The van der Waals surface area contributed by atoms with E-state index in [9.17, 15) is 14.4 Å². The van der Waals surface area contributed by atoms with E-state index in [2.05, 4.69) is 16.0 Å². The Morgan fingerprint density at radius 1 is 0.643 bits per heavy atom. The van der Waals surface area contributed by atoms with Gasteiger partial charge in [0, 0.05) is 5.69 Å². The second-order valence-corrected chi connectivity index (χ2v) is 6.28. The molecule has 3 aromatic rings. The summed E-state index contributed by atoms with van der Waals surface area (Å²) in [5.74, 6) is -1.00. The number of rotatable bonds is 7. The topological polar surface area (TPSA) is 87.3 Å². The Hall–Kier alpha value is -3.67. The molecule has 3 amide bonds. The van der Waals surface area contributed by atoms with Crippen LogP contribution in [0, 0.1) is 0 Å². The van der Waals surface area contributed by atoms with Crippen molar-refractivity contribution in [2.45, 2.75) is 6.42 Å². The molecule has 0 aliphatic carbocycles. The number of nitrogens with one attached hydrogen (secondary N) is 3. The maximum atomic E-state index is 12.2. The van der Waals surface area contributed by atoms with Crippen LogP contribution in [0.4, 0.5) is 5.69 Å². The van der Waals surface area contributed by atoms with E-state index in [1.165, 1.54) is 0 Å². The van der Waals surface area contributed by atoms with Crippen LogP contribution >= 0.6 is 0 Å². The molecule has 0 unspecified atom stereocenters. The van der Waals surface area contributed by atoms with Gasteiger partial charge in [0.05, 0.1) is 19.5 Å². The lowest BCUT2D eigenvalue weighted by Gasteiger charge is -2.09. The van der Waals surface area contributed by atoms with Crippen LogP contribution in [0.3, 0.4) is 0 Å². The molecular weight excluding hydrogens is 354 g/mol. The minimum Gasteiger partial charge on any atom is -0.347 e. The summed E-state index contributed by atoms with van der Waals surface area (Å²) in [5.41, 5.74) is 1.56. The molecule has 3 rings (SSSR count). The Balaban J connectivity index is 1.43. The molecule has 3 N–H and O–H groups in total. The van der Waals surface area contributed by atoms with E-state index in [1.807, 2.05) is 48.5 Å². The van der Waals surface area contributed by atoms with Crippen molar-refractivity contribution in [1.82, 2.24) is 10.6 Å². The normalized spacial score (nSPS) is 10.3. The summed E-state index contributed by atoms with van der Waals surface area (Å²) >= 11 is 0. The van der Waals surface area contributed by atoms with Gasteiger partial charge in [-0.1, -0.05) is 60.7 Å². The van der Waals surface area contributed by atoms with Gasteiger partial charge in [0.2, 0.25) is 17.7 Å². The van der Waals surface area contributed by atoms with Gasteiger partial charge in [-0.3, -0.25) is 14.4 Å². The molecule has 0 fully saturated rings. The minimum atomic E-state index is -0.422. The van der Waals surface area contributed by atoms with Crippen molar-refractivity contribution in [2.75, 3.05) is 18.4 Å². The van der Waals surface area contributed by atoms with Gasteiger partial charge in [0.25, 0.3) is 0 Å². The third-order valence-electron chi connectivity index (χ3n) is 4.18. The summed E-state index contributed by atoms with van der Waals surface area (Å²) in [7, 11) is 0. The lowest BCUT2D eigenvalue weighted by molar-refractivity contribution is -0.126. The fourth-order valence-electron chi connectivity index (χ4n) is 2.83. The molecule has 0 radical (unpaired) electrons. The van der Waals surface area contributed by atoms with Crippen molar-refractivity contribution in [1.29, 1.82) is 0 Å². The van der Waals surface area contributed by atoms with E-state index in [0.29, 0.717) is 5.69 Å². The van der Waals surface area contributed by atoms with Crippen LogP contribution in [0.5, 0.6) is 0 Å². The van der Waals surface area contributed by atoms with Crippen molar-refractivity contribution in [2.24, 2.45) is 0 Å². The van der Waals surface area contributed by atoms with Crippen molar-refractivity contribution in [3.63, 3.8) is 0 Å². The van der Waals surface area contributed by atoms with E-state index in [0.717, 1.165) is 16.3 Å². The summed E-state index contributed by atoms with van der Waals surface area (Å²) in [4.78, 5) is 35.8. The van der Waals surface area contributed by atoms with E-state index in [-0.39, 0.29) is 31.3 Å². The molecule has 0 atom stereocenters. The van der Waals surface area contributed by atoms with E-state index >= 15 is 0 Å². The number of benzene rings is 3. The van der Waals surface area contributed by atoms with Gasteiger partial charge in [-0.15, -0.1) is 0 Å². The third-order valence-corrected chi connectivity index (χ3v) is 4.18. The smallest absolute Gasteiger partial charge is 0.243 e. The van der Waals surface area contributed by atoms with Gasteiger partial charge >= 0.3 is 0 Å². The van der Waals surface area contributed by atoms with Crippen molar-refractivity contribution in [3.05, 3.63) is 78.4 Å². The van der Waals surface area contributed by atoms with E-state index in [1.54, 1.807) is 24.3 Å². The van der Waals surface area contributed by atoms with Gasteiger partial charge in [0.1, 0.15) is 0 Å². The van der Waals surface area contributed by atoms with Gasteiger partial charge in [-0.25, -0.2) is 0 Å². The second-order valence-electron chi connectivity index (χ2n) is 6.28. The molecule has 0 bridgehead atoms. The second kappa shape index (κ2) is 9.32. The zero-order valence-electron chi connectivity index (χ0n) is 15.3. The van der Waals surface area contributed by atoms with Crippen molar-refractivity contribution in [3.8, 4) is 0 Å². The summed E-state index contributed by atoms with van der Waals surface area (Å²) in [6.45, 7) is -0.338. The van der Waals surface area contributed by atoms with Crippen LogP contribution in [0.2, 0.25) is 0 Å². The first-order valence-corrected chi connectivity index (χ1v) is 8.97. The Labute approximate surface area is 162 Å². The quantitative estimate of drug-likeness (QED) is 0.592. The molecular formula is C22H21N3O3. The largest absolute Gasteiger partial charge is 0.347 e. The van der Waals surface area contributed by atoms with Gasteiger partial charge in [-0.2, -0.15) is 0 Å². The highest BCUT2D eigenvalue weighted by atomic mass is 16.2. The monoisotopic (exact) mass is 375 g/mol. The Morgan fingerprint density at radius 2 is 1.29 bits per heavy atom. The van der Waals surface area contributed by atoms with Crippen molar-refractivity contribution < 1.29 is 14.4 Å². The summed E-state index contributed by atoms with van der Waals surface area (Å²) in [5, 5.41) is 9.82. The first-order valence-electron chi connectivity index (χ1n) is 8.97. The summed E-state index contributed by atoms with van der Waals surface area (Å²) in [6, 6.07) is 22.6. The van der Waals surface area contributed by atoms with Crippen LogP contribution in [0.15, 0.2) is 72.8 Å². The maximum absolute atomic E-state index is 12.2. The maximum Gasteiger partial charge on any atom is 0.243 e. The highest BCUT2D eigenvalue weighted by Gasteiger charge is 2.10. The molecule has 0 aliphatic heterocycles. The molecule has 0 aromatic heterocycles. The number of para-hydroxylation sites is 1. The van der Waals surface area contributed by atoms with Gasteiger partial charge in [0.15, 0.2) is 0 Å². The lowest BCUT2D eigenvalue weighted by Crippen LogP contribution is -2.40. The molecule has 0 saturated carbocycles. The number of hydrogen-bond donors (Lipinski definition) is 3. The van der Waals surface area contributed by atoms with Crippen LogP contribution in [0.25, 0.3) is 10.8 Å². The fourth-order valence-corrected chi connectivity index (χ4v) is 2.83. The standard InChI is InChI=1S/C22H21N3O3/c26-20(13-17-9-6-8-16-7-4-5-12-19(16)17)23-14-21(27)24-15-22(28)25-18-10-2-1-3-11-18/h1-12H,13-15H2,(H,23,26)(H,24,27)(H,25,28). The summed E-state index contributed by atoms with van der Waals surface area (Å²) < 4.78 is 0. The zero-order chi connectivity index (χ0) is 19.8. The molecule has 0 heterocycles. The predicted octanol–water partition coefficient (Wildman–Crippen LogP) is 2.25. The zero-order valence-corrected chi connectivity index (χ0v) is 15.3. The third kappa shape index (κ3) is 5.41. The highest BCUT2D eigenvalue weighted by Crippen LogP contribution is 2.18. The molecule has 6 nitrogen and oxygen atoms in total. The van der Waals surface area contributed by atoms with Crippen LogP contribution in [-0.2, 0) is 20.8 Å². The van der Waals surface area contributed by atoms with Crippen molar-refractivity contribution >= 4 is 34.2 Å². The number of carbonyl (C=O) groups is 3. The molecule has 6 heteroatoms. The molecule has 28 heavy (non-hydrogen) atoms. The lowest BCUT2D eigenvalue weighted by atomic mass is 10.0. The Bertz CT molecular complexity index is 981. The average molecular weight is 375 g/mol. The summed E-state index contributed by atoms with van der Waals surface area (Å²) in [6.07, 6.45) is 0.184. The average Bonchev–Trinajstić information content (AvgIpc) is 2.72. The first-order chi connectivity index (χ1) is 13.6. The van der Waals surface area contributed by atoms with Gasteiger partial charge < -0.3 is 16.0 Å². The minimum absolute atomic E-state index is 0.160. The number of hydrogen-bond acceptors (Lipinski definition) is 3. The highest BCUT2D eigenvalue weighted by molar-refractivity contribution is 5.95. The molecule has 142 valence electrons. The number of amides is 3. The molecule has 0 saturated heterocycles. The number of carbonyl (C=O) groups excluding carboxylic acids is 3.